The molecule has 0 atom stereocenters. The Bertz CT molecular complexity index is 1380. The maximum Gasteiger partial charge on any atom is 0.328 e. The van der Waals surface area contributed by atoms with Crippen molar-refractivity contribution in [2.75, 3.05) is 33.1 Å². The second kappa shape index (κ2) is 19.5. The van der Waals surface area contributed by atoms with Crippen LogP contribution < -0.4 is 10.2 Å². The van der Waals surface area contributed by atoms with E-state index >= 15 is 0 Å². The molecule has 0 bridgehead atoms. The molecule has 0 saturated heterocycles. The number of carbonyl (C=O) groups excluding carboxylic acids is 3. The van der Waals surface area contributed by atoms with Crippen molar-refractivity contribution in [1.82, 2.24) is 10.2 Å². The number of benzene rings is 2. The van der Waals surface area contributed by atoms with E-state index < -0.39 is 11.7 Å². The summed E-state index contributed by atoms with van der Waals surface area (Å²) in [5.74, 6) is -0.844. The first kappa shape index (κ1) is 38.4. The number of nitrogens with one attached hydrogen (secondary N) is 1. The molecule has 8 heteroatoms. The molecule has 43 heavy (non-hydrogen) atoms. The highest BCUT2D eigenvalue weighted by Crippen LogP contribution is 2.27. The lowest BCUT2D eigenvalue weighted by Crippen LogP contribution is -2.35. The largest absolute Gasteiger partial charge is 0.355 e. The van der Waals surface area contributed by atoms with Crippen molar-refractivity contribution in [2.24, 2.45) is 4.99 Å². The number of halogens is 1. The number of nitrogens with zero attached hydrogens (tertiary/aromatic N) is 3. The van der Waals surface area contributed by atoms with Crippen molar-refractivity contribution < 1.29 is 18.8 Å². The number of urea groups is 1. The van der Waals surface area contributed by atoms with Crippen LogP contribution in [-0.2, 0) is 4.79 Å². The van der Waals surface area contributed by atoms with Gasteiger partial charge in [-0.25, -0.2) is 9.18 Å². The van der Waals surface area contributed by atoms with E-state index in [2.05, 4.69) is 16.9 Å². The summed E-state index contributed by atoms with van der Waals surface area (Å²) in [6, 6.07) is 11.9. The molecule has 2 aromatic carbocycles. The van der Waals surface area contributed by atoms with Crippen LogP contribution in [-0.4, -0.2) is 56.5 Å². The molecule has 1 aliphatic carbocycles. The molecule has 0 saturated carbocycles. The molecule has 7 nitrogen and oxygen atoms in total. The number of carbonyl (C=O) groups is 3. The zero-order chi connectivity index (χ0) is 33.3. The number of allylic oxidation sites excluding steroid dienone is 6. The van der Waals surface area contributed by atoms with E-state index in [4.69, 9.17) is 0 Å². The molecule has 0 aromatic heterocycles. The predicted molar refractivity (Wildman–Crippen MR) is 179 cm³/mol. The summed E-state index contributed by atoms with van der Waals surface area (Å²) < 4.78 is 12.9. The fourth-order valence-electron chi connectivity index (χ4n) is 3.67. The maximum absolute atomic E-state index is 12.9. The first-order valence-electron chi connectivity index (χ1n) is 14.3. The molecule has 0 heterocycles. The van der Waals surface area contributed by atoms with Crippen LogP contribution in [0.5, 0.6) is 0 Å². The number of rotatable bonds is 5. The van der Waals surface area contributed by atoms with Gasteiger partial charge in [0.1, 0.15) is 5.82 Å². The number of aryl methyl sites for hydroxylation is 1. The summed E-state index contributed by atoms with van der Waals surface area (Å²) in [4.78, 5) is 42.2. The number of hydrogen-bond donors (Lipinski definition) is 1. The van der Waals surface area contributed by atoms with E-state index in [-0.39, 0.29) is 17.4 Å². The molecule has 0 unspecified atom stereocenters. The van der Waals surface area contributed by atoms with Crippen LogP contribution in [0.4, 0.5) is 14.9 Å². The van der Waals surface area contributed by atoms with Crippen LogP contribution in [0.1, 0.15) is 63.0 Å². The predicted octanol–water partition coefficient (Wildman–Crippen LogP) is 7.79. The Morgan fingerprint density at radius 1 is 0.953 bits per heavy atom. The molecular formula is C35H47FN4O3. The van der Waals surface area contributed by atoms with Crippen molar-refractivity contribution >= 4 is 34.7 Å². The molecule has 0 spiro atoms. The topological polar surface area (TPSA) is 82.1 Å². The third kappa shape index (κ3) is 11.0. The van der Waals surface area contributed by atoms with Gasteiger partial charge in [-0.1, -0.05) is 70.2 Å². The molecule has 0 aliphatic heterocycles. The van der Waals surface area contributed by atoms with Crippen molar-refractivity contribution in [1.29, 1.82) is 0 Å². The van der Waals surface area contributed by atoms with E-state index in [1.54, 1.807) is 34.1 Å². The summed E-state index contributed by atoms with van der Waals surface area (Å²) in [6.07, 6.45) is 7.36. The summed E-state index contributed by atoms with van der Waals surface area (Å²) in [7, 11) is 6.59. The third-order valence-electron chi connectivity index (χ3n) is 6.01. The first-order chi connectivity index (χ1) is 20.4. The molecule has 232 valence electrons. The molecule has 2 aromatic rings. The number of amides is 3. The highest BCUT2D eigenvalue weighted by atomic mass is 19.1. The van der Waals surface area contributed by atoms with Gasteiger partial charge < -0.3 is 10.2 Å². The Morgan fingerprint density at radius 3 is 2.00 bits per heavy atom. The lowest BCUT2D eigenvalue weighted by molar-refractivity contribution is -0.113. The maximum atomic E-state index is 12.9. The van der Waals surface area contributed by atoms with Gasteiger partial charge in [0, 0.05) is 45.5 Å². The number of ketones is 1. The SMILES string of the molecule is C=CN(C(=O)N(C)C)c1ccc(C2=CC(=NC)/C(=C(\C)C(C)=O)C=C2)cc1.CC.CC.CNC(=O)c1cc(C)ccc1F. The molecule has 3 amide bonds. The van der Waals surface area contributed by atoms with Gasteiger partial charge in [0.25, 0.3) is 5.91 Å². The molecule has 0 fully saturated rings. The minimum Gasteiger partial charge on any atom is -0.355 e. The first-order valence-corrected chi connectivity index (χ1v) is 14.3. The van der Waals surface area contributed by atoms with Crippen molar-refractivity contribution in [2.45, 2.75) is 48.5 Å². The smallest absolute Gasteiger partial charge is 0.328 e. The third-order valence-corrected chi connectivity index (χ3v) is 6.01. The van der Waals surface area contributed by atoms with Crippen LogP contribution in [0.25, 0.3) is 5.57 Å². The molecule has 1 aliphatic rings. The fourth-order valence-corrected chi connectivity index (χ4v) is 3.67. The van der Waals surface area contributed by atoms with Gasteiger partial charge in [0.2, 0.25) is 0 Å². The molecular weight excluding hydrogens is 543 g/mol. The minimum atomic E-state index is -0.486. The van der Waals surface area contributed by atoms with E-state index in [0.29, 0.717) is 5.57 Å². The lowest BCUT2D eigenvalue weighted by Gasteiger charge is -2.22. The quantitative estimate of drug-likeness (QED) is 0.361. The average Bonchev–Trinajstić information content (AvgIpc) is 3.03. The van der Waals surface area contributed by atoms with Gasteiger partial charge in [0.05, 0.1) is 17.0 Å². The Morgan fingerprint density at radius 2 is 1.53 bits per heavy atom. The second-order valence-corrected chi connectivity index (χ2v) is 8.98. The van der Waals surface area contributed by atoms with Gasteiger partial charge in [-0.2, -0.15) is 0 Å². The highest BCUT2D eigenvalue weighted by Gasteiger charge is 2.17. The number of Topliss-reactive ketones (excluding diaryl/α,β-unsaturated/α-hetero) is 1. The minimum absolute atomic E-state index is 0.0343. The van der Waals surface area contributed by atoms with Crippen molar-refractivity contribution in [3.05, 3.63) is 107 Å². The van der Waals surface area contributed by atoms with Crippen LogP contribution in [0.15, 0.2) is 89.6 Å². The van der Waals surface area contributed by atoms with Crippen molar-refractivity contribution in [3.63, 3.8) is 0 Å². The van der Waals surface area contributed by atoms with Crippen LogP contribution >= 0.6 is 0 Å². The van der Waals surface area contributed by atoms with Gasteiger partial charge in [-0.15, -0.1) is 0 Å². The Kier molecular flexibility index (Phi) is 17.4. The molecule has 3 rings (SSSR count). The van der Waals surface area contributed by atoms with E-state index in [1.165, 1.54) is 35.2 Å². The summed E-state index contributed by atoms with van der Waals surface area (Å²) in [6.45, 7) is 16.9. The zero-order valence-corrected chi connectivity index (χ0v) is 27.5. The normalized spacial score (nSPS) is 13.4. The van der Waals surface area contributed by atoms with E-state index in [0.717, 1.165) is 33.7 Å². The van der Waals surface area contributed by atoms with Crippen LogP contribution in [0.2, 0.25) is 0 Å². The average molecular weight is 591 g/mol. The van der Waals surface area contributed by atoms with Gasteiger partial charge in [-0.3, -0.25) is 19.5 Å². The van der Waals surface area contributed by atoms with Gasteiger partial charge in [-0.05, 0) is 62.2 Å². The summed E-state index contributed by atoms with van der Waals surface area (Å²) in [5, 5.41) is 2.37. The van der Waals surface area contributed by atoms with Gasteiger partial charge in [0.15, 0.2) is 5.78 Å². The number of hydrogen-bond acceptors (Lipinski definition) is 4. The summed E-state index contributed by atoms with van der Waals surface area (Å²) >= 11 is 0. The monoisotopic (exact) mass is 590 g/mol. The Hall–Kier alpha value is -4.59. The second-order valence-electron chi connectivity index (χ2n) is 8.98. The van der Waals surface area contributed by atoms with E-state index in [9.17, 15) is 18.8 Å². The van der Waals surface area contributed by atoms with Crippen LogP contribution in [0, 0.1) is 12.7 Å². The molecule has 0 radical (unpaired) electrons. The highest BCUT2D eigenvalue weighted by molar-refractivity contribution is 6.20. The van der Waals surface area contributed by atoms with Crippen LogP contribution in [0.3, 0.4) is 0 Å². The van der Waals surface area contributed by atoms with Crippen molar-refractivity contribution in [3.8, 4) is 0 Å². The molecule has 1 N–H and O–H groups in total. The lowest BCUT2D eigenvalue weighted by atomic mass is 9.92. The zero-order valence-electron chi connectivity index (χ0n) is 27.5. The number of anilines is 1. The van der Waals surface area contributed by atoms with Gasteiger partial charge >= 0.3 is 6.03 Å². The number of aliphatic imine (C=N–C) groups is 1. The Balaban J connectivity index is 0.000000918. The summed E-state index contributed by atoms with van der Waals surface area (Å²) in [5.41, 5.74) is 6.02. The Labute approximate surface area is 257 Å². The standard InChI is InChI=1S/C22H25N3O2.C9H10FNO.2C2H6/c1-7-25(22(27)24(5)6)19-11-8-17(9-12-19)18-10-13-20(15(2)16(3)26)21(14-18)23-4;1-6-3-4-8(10)7(5-6)9(12)11-2;2*1-2/h7-14H,1H2,2-6H3;3-5H,1-2H3,(H,11,12);2*1-2H3/b20-15+,23-21?;;;. The van der Waals surface area contributed by atoms with E-state index in [1.807, 2.05) is 84.0 Å². The fraction of sp³-hybridized carbons (Fsp3) is 0.314.